The van der Waals surface area contributed by atoms with Gasteiger partial charge in [0.2, 0.25) is 0 Å². The fraction of sp³-hybridized carbons (Fsp3) is 0.278. The molecule has 0 saturated carbocycles. The second kappa shape index (κ2) is 7.59. The van der Waals surface area contributed by atoms with E-state index in [9.17, 15) is 20.0 Å². The average molecular weight is 329 g/mol. The number of hydrogen-bond donors (Lipinski definition) is 1. The molecule has 0 heterocycles. The van der Waals surface area contributed by atoms with Crippen molar-refractivity contribution in [3.05, 3.63) is 69.8 Å². The zero-order valence-electron chi connectivity index (χ0n) is 13.5. The van der Waals surface area contributed by atoms with Crippen molar-refractivity contribution in [2.24, 2.45) is 0 Å². The van der Waals surface area contributed by atoms with Gasteiger partial charge in [0.05, 0.1) is 16.6 Å². The normalized spacial score (nSPS) is 13.1. The van der Waals surface area contributed by atoms with E-state index in [1.165, 1.54) is 0 Å². The van der Waals surface area contributed by atoms with Crippen molar-refractivity contribution in [3.63, 3.8) is 0 Å². The molecule has 0 bridgehead atoms. The highest BCUT2D eigenvalue weighted by molar-refractivity contribution is 5.90. The molecule has 6 nitrogen and oxygen atoms in total. The second-order valence-corrected chi connectivity index (χ2v) is 5.55. The number of ether oxygens (including phenoxy) is 1. The van der Waals surface area contributed by atoms with Crippen LogP contribution in [0.3, 0.4) is 0 Å². The van der Waals surface area contributed by atoms with Crippen LogP contribution in [0.2, 0.25) is 0 Å². The van der Waals surface area contributed by atoms with Crippen molar-refractivity contribution in [1.82, 2.24) is 0 Å². The fourth-order valence-electron chi connectivity index (χ4n) is 2.53. The van der Waals surface area contributed by atoms with Crippen LogP contribution >= 0.6 is 0 Å². The summed E-state index contributed by atoms with van der Waals surface area (Å²) in [5, 5.41) is 20.4. The number of rotatable bonds is 6. The van der Waals surface area contributed by atoms with Crippen molar-refractivity contribution in [1.29, 1.82) is 0 Å². The maximum atomic E-state index is 12.3. The molecule has 1 N–H and O–H groups in total. The molecule has 0 unspecified atom stereocenters. The summed E-state index contributed by atoms with van der Waals surface area (Å²) in [6.07, 6.45) is 0.226. The quantitative estimate of drug-likeness (QED) is 0.491. The van der Waals surface area contributed by atoms with Crippen LogP contribution in [0.5, 0.6) is 5.75 Å². The molecule has 2 aromatic carbocycles. The predicted molar refractivity (Wildman–Crippen MR) is 89.1 cm³/mol. The number of phenols is 1. The molecule has 0 saturated heterocycles. The largest absolute Gasteiger partial charge is 0.508 e. The van der Waals surface area contributed by atoms with E-state index in [1.54, 1.807) is 0 Å². The SMILES string of the molecule is CC[C@H](OC(=O)c1cc(O)cc([N+](=O)[O-])c1)[C@@H](C)c1ccccc1. The number of carbonyl (C=O) groups is 1. The number of nitro groups is 1. The zero-order chi connectivity index (χ0) is 17.7. The van der Waals surface area contributed by atoms with Crippen LogP contribution in [0.4, 0.5) is 5.69 Å². The number of aromatic hydroxyl groups is 1. The Labute approximate surface area is 139 Å². The first-order valence-electron chi connectivity index (χ1n) is 7.66. The van der Waals surface area contributed by atoms with E-state index in [0.717, 1.165) is 23.8 Å². The lowest BCUT2D eigenvalue weighted by Gasteiger charge is -2.23. The van der Waals surface area contributed by atoms with Gasteiger partial charge in [-0.3, -0.25) is 10.1 Å². The Morgan fingerprint density at radius 3 is 2.50 bits per heavy atom. The Morgan fingerprint density at radius 2 is 1.92 bits per heavy atom. The molecule has 0 aromatic heterocycles. The minimum Gasteiger partial charge on any atom is -0.508 e. The molecule has 0 radical (unpaired) electrons. The Bertz CT molecular complexity index is 729. The van der Waals surface area contributed by atoms with Crippen LogP contribution in [0.1, 0.15) is 42.1 Å². The summed E-state index contributed by atoms with van der Waals surface area (Å²) in [7, 11) is 0. The first kappa shape index (κ1) is 17.5. The topological polar surface area (TPSA) is 89.7 Å². The average Bonchev–Trinajstić information content (AvgIpc) is 2.59. The maximum Gasteiger partial charge on any atom is 0.338 e. The molecule has 6 heteroatoms. The number of nitro benzene ring substituents is 1. The van der Waals surface area contributed by atoms with Crippen molar-refractivity contribution < 1.29 is 19.6 Å². The lowest BCUT2D eigenvalue weighted by Crippen LogP contribution is -2.23. The minimum atomic E-state index is -0.691. The molecule has 0 aliphatic heterocycles. The number of nitrogens with zero attached hydrogens (tertiary/aromatic N) is 1. The third-order valence-corrected chi connectivity index (χ3v) is 3.89. The van der Waals surface area contributed by atoms with Gasteiger partial charge in [0.25, 0.3) is 5.69 Å². The molecular formula is C18H19NO5. The minimum absolute atomic E-state index is 0.0209. The molecule has 0 aliphatic carbocycles. The fourth-order valence-corrected chi connectivity index (χ4v) is 2.53. The van der Waals surface area contributed by atoms with E-state index < -0.39 is 10.9 Å². The van der Waals surface area contributed by atoms with Gasteiger partial charge in [-0.05, 0) is 18.1 Å². The summed E-state index contributed by atoms with van der Waals surface area (Å²) < 4.78 is 5.52. The molecule has 2 atom stereocenters. The van der Waals surface area contributed by atoms with E-state index in [4.69, 9.17) is 4.74 Å². The van der Waals surface area contributed by atoms with Gasteiger partial charge in [0, 0.05) is 12.0 Å². The molecule has 24 heavy (non-hydrogen) atoms. The Hall–Kier alpha value is -2.89. The number of benzene rings is 2. The van der Waals surface area contributed by atoms with Gasteiger partial charge in [-0.25, -0.2) is 4.79 Å². The molecule has 2 aromatic rings. The lowest BCUT2D eigenvalue weighted by molar-refractivity contribution is -0.385. The summed E-state index contributed by atoms with van der Waals surface area (Å²) >= 11 is 0. The molecule has 126 valence electrons. The van der Waals surface area contributed by atoms with E-state index in [-0.39, 0.29) is 29.0 Å². The third kappa shape index (κ3) is 4.10. The first-order chi connectivity index (χ1) is 11.4. The monoisotopic (exact) mass is 329 g/mol. The third-order valence-electron chi connectivity index (χ3n) is 3.89. The summed E-state index contributed by atoms with van der Waals surface area (Å²) in [5.74, 6) is -1.06. The Balaban J connectivity index is 2.19. The highest BCUT2D eigenvalue weighted by Crippen LogP contribution is 2.26. The highest BCUT2D eigenvalue weighted by atomic mass is 16.6. The van der Waals surface area contributed by atoms with Crippen LogP contribution in [0, 0.1) is 10.1 Å². The standard InChI is InChI=1S/C18H19NO5/c1-3-17(12(2)13-7-5-4-6-8-13)24-18(21)14-9-15(19(22)23)11-16(20)10-14/h4-12,17,20H,3H2,1-2H3/t12-,17-/m0/s1. The summed E-state index contributed by atoms with van der Waals surface area (Å²) in [4.78, 5) is 22.5. The van der Waals surface area contributed by atoms with E-state index in [2.05, 4.69) is 0 Å². The van der Waals surface area contributed by atoms with Crippen LogP contribution in [-0.2, 0) is 4.74 Å². The Morgan fingerprint density at radius 1 is 1.25 bits per heavy atom. The van der Waals surface area contributed by atoms with Crippen LogP contribution in [-0.4, -0.2) is 22.1 Å². The Kier molecular flexibility index (Phi) is 5.52. The molecular weight excluding hydrogens is 310 g/mol. The van der Waals surface area contributed by atoms with Crippen LogP contribution in [0.25, 0.3) is 0 Å². The van der Waals surface area contributed by atoms with E-state index in [1.807, 2.05) is 44.2 Å². The molecule has 0 amide bonds. The second-order valence-electron chi connectivity index (χ2n) is 5.55. The van der Waals surface area contributed by atoms with Crippen molar-refractivity contribution >= 4 is 11.7 Å². The predicted octanol–water partition coefficient (Wildman–Crippen LogP) is 4.04. The number of phenolic OH excluding ortho intramolecular Hbond substituents is 1. The van der Waals surface area contributed by atoms with Crippen molar-refractivity contribution in [3.8, 4) is 5.75 Å². The molecule has 2 rings (SSSR count). The number of non-ortho nitro benzene ring substituents is 1. The van der Waals surface area contributed by atoms with Crippen molar-refractivity contribution in [2.45, 2.75) is 32.3 Å². The van der Waals surface area contributed by atoms with Gasteiger partial charge < -0.3 is 9.84 Å². The molecule has 0 fully saturated rings. The number of carbonyl (C=O) groups excluding carboxylic acids is 1. The van der Waals surface area contributed by atoms with Crippen LogP contribution < -0.4 is 0 Å². The maximum absolute atomic E-state index is 12.3. The van der Waals surface area contributed by atoms with Gasteiger partial charge in [-0.15, -0.1) is 0 Å². The number of esters is 1. The van der Waals surface area contributed by atoms with Gasteiger partial charge in [0.15, 0.2) is 0 Å². The lowest BCUT2D eigenvalue weighted by atomic mass is 9.94. The number of hydrogen-bond acceptors (Lipinski definition) is 5. The van der Waals surface area contributed by atoms with Crippen molar-refractivity contribution in [2.75, 3.05) is 0 Å². The van der Waals surface area contributed by atoms with Crippen LogP contribution in [0.15, 0.2) is 48.5 Å². The molecule has 0 spiro atoms. The smallest absolute Gasteiger partial charge is 0.338 e. The van der Waals surface area contributed by atoms with Gasteiger partial charge in [-0.1, -0.05) is 44.2 Å². The van der Waals surface area contributed by atoms with Gasteiger partial charge >= 0.3 is 5.97 Å². The van der Waals surface area contributed by atoms with Gasteiger partial charge in [-0.2, -0.15) is 0 Å². The van der Waals surface area contributed by atoms with E-state index >= 15 is 0 Å². The summed E-state index contributed by atoms with van der Waals surface area (Å²) in [6.45, 7) is 3.87. The highest BCUT2D eigenvalue weighted by Gasteiger charge is 2.23. The molecule has 0 aliphatic rings. The van der Waals surface area contributed by atoms with E-state index in [0.29, 0.717) is 6.42 Å². The summed E-state index contributed by atoms with van der Waals surface area (Å²) in [5.41, 5.74) is 0.644. The zero-order valence-corrected chi connectivity index (χ0v) is 13.5. The summed E-state index contributed by atoms with van der Waals surface area (Å²) in [6, 6.07) is 12.9. The van der Waals surface area contributed by atoms with Gasteiger partial charge in [0.1, 0.15) is 11.9 Å². The first-order valence-corrected chi connectivity index (χ1v) is 7.66.